The van der Waals surface area contributed by atoms with E-state index in [1.54, 1.807) is 43.3 Å². The average Bonchev–Trinajstić information content (AvgIpc) is 3.12. The van der Waals surface area contributed by atoms with Crippen molar-refractivity contribution >= 4 is 34.8 Å². The number of hydrogen-bond donors (Lipinski definition) is 1. The SMILES string of the molecule is CCCC(=O)N=C1S/C(=C\c2ccc(OCc3cccc(F)c3)c(OC)c2)C(O)=C1C(=O)OCC. The molecule has 1 aliphatic heterocycles. The molecule has 1 heterocycles. The number of nitrogens with zero attached hydrogens (tertiary/aromatic N) is 1. The molecule has 0 saturated carbocycles. The van der Waals surface area contributed by atoms with Crippen molar-refractivity contribution in [3.05, 3.63) is 75.6 Å². The lowest BCUT2D eigenvalue weighted by atomic mass is 10.1. The van der Waals surface area contributed by atoms with Gasteiger partial charge in [-0.1, -0.05) is 36.9 Å². The van der Waals surface area contributed by atoms with E-state index >= 15 is 0 Å². The van der Waals surface area contributed by atoms with Crippen LogP contribution in [-0.2, 0) is 20.9 Å². The number of methoxy groups -OCH3 is 1. The number of benzene rings is 2. The van der Waals surface area contributed by atoms with Crippen LogP contribution in [0.15, 0.2) is 63.7 Å². The smallest absolute Gasteiger partial charge is 0.344 e. The van der Waals surface area contributed by atoms with Crippen molar-refractivity contribution in [1.82, 2.24) is 0 Å². The second-order valence-corrected chi connectivity index (χ2v) is 8.47. The summed E-state index contributed by atoms with van der Waals surface area (Å²) in [6.07, 6.45) is 2.49. The van der Waals surface area contributed by atoms with E-state index in [0.29, 0.717) is 34.0 Å². The number of carbonyl (C=O) groups is 2. The van der Waals surface area contributed by atoms with Crippen molar-refractivity contribution in [1.29, 1.82) is 0 Å². The van der Waals surface area contributed by atoms with Crippen molar-refractivity contribution < 1.29 is 33.3 Å². The molecule has 0 aromatic heterocycles. The van der Waals surface area contributed by atoms with Crippen molar-refractivity contribution in [2.75, 3.05) is 13.7 Å². The van der Waals surface area contributed by atoms with Gasteiger partial charge in [0.15, 0.2) is 11.5 Å². The fourth-order valence-corrected chi connectivity index (χ4v) is 4.24. The van der Waals surface area contributed by atoms with Gasteiger partial charge in [-0.05, 0) is 54.8 Å². The minimum Gasteiger partial charge on any atom is -0.506 e. The van der Waals surface area contributed by atoms with Gasteiger partial charge >= 0.3 is 5.97 Å². The predicted octanol–water partition coefficient (Wildman–Crippen LogP) is 5.60. The molecule has 2 aromatic carbocycles. The summed E-state index contributed by atoms with van der Waals surface area (Å²) in [5, 5.41) is 10.8. The Labute approximate surface area is 207 Å². The Balaban J connectivity index is 1.87. The molecule has 1 aliphatic rings. The first-order valence-corrected chi connectivity index (χ1v) is 11.8. The van der Waals surface area contributed by atoms with Crippen LogP contribution in [0.3, 0.4) is 0 Å². The quantitative estimate of drug-likeness (QED) is 0.449. The van der Waals surface area contributed by atoms with Crippen LogP contribution >= 0.6 is 11.8 Å². The highest BCUT2D eigenvalue weighted by Gasteiger charge is 2.33. The number of esters is 1. The number of carbonyl (C=O) groups excluding carboxylic acids is 2. The first-order valence-electron chi connectivity index (χ1n) is 11.0. The third-order valence-electron chi connectivity index (χ3n) is 4.83. The lowest BCUT2D eigenvalue weighted by molar-refractivity contribution is -0.138. The maximum atomic E-state index is 13.4. The van der Waals surface area contributed by atoms with E-state index in [9.17, 15) is 19.1 Å². The first kappa shape index (κ1) is 26.0. The molecular weight excluding hydrogens is 473 g/mol. The number of rotatable bonds is 9. The second-order valence-electron chi connectivity index (χ2n) is 7.44. The molecule has 9 heteroatoms. The second kappa shape index (κ2) is 12.2. The van der Waals surface area contributed by atoms with Crippen LogP contribution < -0.4 is 9.47 Å². The van der Waals surface area contributed by atoms with Crippen LogP contribution in [0.1, 0.15) is 37.8 Å². The molecule has 35 heavy (non-hydrogen) atoms. The van der Waals surface area contributed by atoms with Gasteiger partial charge in [-0.2, -0.15) is 0 Å². The Bertz CT molecular complexity index is 1200. The lowest BCUT2D eigenvalue weighted by Crippen LogP contribution is -2.14. The molecule has 0 aliphatic carbocycles. The van der Waals surface area contributed by atoms with E-state index in [2.05, 4.69) is 4.99 Å². The molecule has 0 saturated heterocycles. The van der Waals surface area contributed by atoms with Gasteiger partial charge in [-0.3, -0.25) is 4.79 Å². The summed E-state index contributed by atoms with van der Waals surface area (Å²) in [5.74, 6) is -0.891. The molecule has 0 atom stereocenters. The standard InChI is InChI=1S/C26H26FNO6S/c1-4-7-22(29)28-25-23(26(31)33-5-2)24(30)21(35-25)14-16-10-11-19(20(13-16)32-3)34-15-17-8-6-9-18(27)12-17/h6,8-14,30H,4-5,7,15H2,1-3H3/b21-14-,28-25?. The third-order valence-corrected chi connectivity index (χ3v) is 5.85. The zero-order valence-corrected chi connectivity index (χ0v) is 20.5. The van der Waals surface area contributed by atoms with Crippen LogP contribution in [0.5, 0.6) is 11.5 Å². The van der Waals surface area contributed by atoms with E-state index < -0.39 is 5.97 Å². The van der Waals surface area contributed by atoms with Gasteiger partial charge in [0.05, 0.1) is 18.6 Å². The Kier molecular flexibility index (Phi) is 9.08. The van der Waals surface area contributed by atoms with E-state index in [1.165, 1.54) is 19.2 Å². The first-order chi connectivity index (χ1) is 16.9. The number of halogens is 1. The molecule has 0 bridgehead atoms. The van der Waals surface area contributed by atoms with Crippen LogP contribution in [0, 0.1) is 5.82 Å². The molecule has 0 unspecified atom stereocenters. The van der Waals surface area contributed by atoms with E-state index in [0.717, 1.165) is 11.8 Å². The van der Waals surface area contributed by atoms with Crippen LogP contribution in [0.25, 0.3) is 6.08 Å². The lowest BCUT2D eigenvalue weighted by Gasteiger charge is -2.12. The fourth-order valence-electron chi connectivity index (χ4n) is 3.21. The van der Waals surface area contributed by atoms with Crippen molar-refractivity contribution in [3.63, 3.8) is 0 Å². The molecule has 0 fully saturated rings. The highest BCUT2D eigenvalue weighted by Crippen LogP contribution is 2.40. The zero-order chi connectivity index (χ0) is 25.4. The summed E-state index contributed by atoms with van der Waals surface area (Å²) in [6, 6.07) is 11.2. The summed E-state index contributed by atoms with van der Waals surface area (Å²) < 4.78 is 29.7. The number of amides is 1. The molecule has 1 amide bonds. The van der Waals surface area contributed by atoms with Gasteiger partial charge < -0.3 is 19.3 Å². The summed E-state index contributed by atoms with van der Waals surface area (Å²) >= 11 is 1.01. The van der Waals surface area contributed by atoms with Crippen molar-refractivity contribution in [2.24, 2.45) is 4.99 Å². The summed E-state index contributed by atoms with van der Waals surface area (Å²) in [7, 11) is 1.49. The van der Waals surface area contributed by atoms with E-state index in [-0.39, 0.29) is 47.7 Å². The average molecular weight is 500 g/mol. The summed E-state index contributed by atoms with van der Waals surface area (Å²) in [4.78, 5) is 28.8. The number of aliphatic imine (C=N–C) groups is 1. The molecule has 1 N–H and O–H groups in total. The van der Waals surface area contributed by atoms with Gasteiger partial charge in [-0.25, -0.2) is 14.2 Å². The molecule has 0 radical (unpaired) electrons. The maximum Gasteiger partial charge on any atom is 0.344 e. The molecular formula is C26H26FNO6S. The predicted molar refractivity (Wildman–Crippen MR) is 133 cm³/mol. The largest absolute Gasteiger partial charge is 0.506 e. The Morgan fingerprint density at radius 2 is 1.94 bits per heavy atom. The number of thioether (sulfide) groups is 1. The normalized spacial score (nSPS) is 15.5. The van der Waals surface area contributed by atoms with Crippen molar-refractivity contribution in [3.8, 4) is 11.5 Å². The Morgan fingerprint density at radius 1 is 1.14 bits per heavy atom. The molecule has 3 rings (SSSR count). The highest BCUT2D eigenvalue weighted by molar-refractivity contribution is 8.18. The summed E-state index contributed by atoms with van der Waals surface area (Å²) in [6.45, 7) is 3.77. The minimum absolute atomic E-state index is 0.104. The van der Waals surface area contributed by atoms with E-state index in [1.807, 2.05) is 6.92 Å². The molecule has 184 valence electrons. The highest BCUT2D eigenvalue weighted by atomic mass is 32.2. The number of hydrogen-bond acceptors (Lipinski definition) is 7. The Hall–Kier alpha value is -3.59. The summed E-state index contributed by atoms with van der Waals surface area (Å²) in [5.41, 5.74) is 1.19. The molecule has 2 aromatic rings. The van der Waals surface area contributed by atoms with Gasteiger partial charge in [0, 0.05) is 6.42 Å². The third kappa shape index (κ3) is 6.73. The van der Waals surface area contributed by atoms with Crippen LogP contribution in [-0.4, -0.2) is 35.7 Å². The van der Waals surface area contributed by atoms with Gasteiger partial charge in [0.2, 0.25) is 5.91 Å². The maximum absolute atomic E-state index is 13.4. The monoisotopic (exact) mass is 499 g/mol. The topological polar surface area (TPSA) is 94.4 Å². The number of ether oxygens (including phenoxy) is 3. The van der Waals surface area contributed by atoms with Crippen LogP contribution in [0.4, 0.5) is 4.39 Å². The van der Waals surface area contributed by atoms with Gasteiger partial charge in [-0.15, -0.1) is 0 Å². The van der Waals surface area contributed by atoms with Crippen molar-refractivity contribution in [2.45, 2.75) is 33.3 Å². The van der Waals surface area contributed by atoms with Gasteiger partial charge in [0.1, 0.15) is 28.8 Å². The van der Waals surface area contributed by atoms with Gasteiger partial charge in [0.25, 0.3) is 0 Å². The minimum atomic E-state index is -0.748. The number of aliphatic hydroxyl groups excluding tert-OH is 1. The van der Waals surface area contributed by atoms with E-state index in [4.69, 9.17) is 14.2 Å². The fraction of sp³-hybridized carbons (Fsp3) is 0.269. The number of aliphatic hydroxyl groups is 1. The Morgan fingerprint density at radius 3 is 2.63 bits per heavy atom. The molecule has 7 nitrogen and oxygen atoms in total. The van der Waals surface area contributed by atoms with Crippen LogP contribution in [0.2, 0.25) is 0 Å². The zero-order valence-electron chi connectivity index (χ0n) is 19.7. The molecule has 0 spiro atoms.